The van der Waals surface area contributed by atoms with E-state index in [0.29, 0.717) is 19.5 Å². The Morgan fingerprint density at radius 2 is 2.24 bits per heavy atom. The molecule has 17 heavy (non-hydrogen) atoms. The Morgan fingerprint density at radius 3 is 2.76 bits per heavy atom. The SMILES string of the molecule is CC(C)(C)n1nccc1N1CC(CN)CC1=O. The van der Waals surface area contributed by atoms with Gasteiger partial charge in [0.25, 0.3) is 0 Å². The molecule has 1 aliphatic heterocycles. The minimum atomic E-state index is -0.125. The van der Waals surface area contributed by atoms with Gasteiger partial charge in [0.05, 0.1) is 11.7 Å². The van der Waals surface area contributed by atoms with E-state index in [0.717, 1.165) is 5.82 Å². The van der Waals surface area contributed by atoms with Crippen LogP contribution in [0.5, 0.6) is 0 Å². The second-order valence-corrected chi connectivity index (χ2v) is 5.58. The van der Waals surface area contributed by atoms with Gasteiger partial charge in [-0.05, 0) is 33.2 Å². The molecule has 0 saturated carbocycles. The molecule has 2 heterocycles. The maximum absolute atomic E-state index is 12.0. The maximum Gasteiger partial charge on any atom is 0.228 e. The van der Waals surface area contributed by atoms with E-state index in [4.69, 9.17) is 5.73 Å². The van der Waals surface area contributed by atoms with Crippen LogP contribution >= 0.6 is 0 Å². The first-order valence-corrected chi connectivity index (χ1v) is 5.98. The number of nitrogens with zero attached hydrogens (tertiary/aromatic N) is 3. The summed E-state index contributed by atoms with van der Waals surface area (Å²) in [7, 11) is 0. The fourth-order valence-corrected chi connectivity index (χ4v) is 2.18. The van der Waals surface area contributed by atoms with Crippen molar-refractivity contribution in [3.8, 4) is 0 Å². The van der Waals surface area contributed by atoms with Crippen molar-refractivity contribution < 1.29 is 4.79 Å². The number of aromatic nitrogens is 2. The van der Waals surface area contributed by atoms with Gasteiger partial charge in [-0.2, -0.15) is 5.10 Å². The van der Waals surface area contributed by atoms with Crippen molar-refractivity contribution in [1.82, 2.24) is 9.78 Å². The van der Waals surface area contributed by atoms with Crippen molar-refractivity contribution in [2.75, 3.05) is 18.0 Å². The normalized spacial score (nSPS) is 21.3. The van der Waals surface area contributed by atoms with Crippen molar-refractivity contribution in [3.05, 3.63) is 12.3 Å². The van der Waals surface area contributed by atoms with E-state index < -0.39 is 0 Å². The zero-order chi connectivity index (χ0) is 12.6. The molecule has 1 saturated heterocycles. The second kappa shape index (κ2) is 4.14. The smallest absolute Gasteiger partial charge is 0.228 e. The molecular formula is C12H20N4O. The van der Waals surface area contributed by atoms with E-state index in [9.17, 15) is 4.79 Å². The first-order valence-electron chi connectivity index (χ1n) is 5.98. The van der Waals surface area contributed by atoms with E-state index in [1.807, 2.05) is 10.7 Å². The average molecular weight is 236 g/mol. The van der Waals surface area contributed by atoms with Crippen LogP contribution in [0.25, 0.3) is 0 Å². The maximum atomic E-state index is 12.0. The lowest BCUT2D eigenvalue weighted by atomic mass is 10.1. The number of rotatable bonds is 2. The van der Waals surface area contributed by atoms with E-state index in [-0.39, 0.29) is 17.4 Å². The number of anilines is 1. The van der Waals surface area contributed by atoms with Crippen LogP contribution in [0, 0.1) is 5.92 Å². The van der Waals surface area contributed by atoms with Crippen LogP contribution in [0.15, 0.2) is 12.3 Å². The van der Waals surface area contributed by atoms with Crippen LogP contribution in [-0.2, 0) is 10.3 Å². The fourth-order valence-electron chi connectivity index (χ4n) is 2.18. The first kappa shape index (κ1) is 12.1. The molecule has 2 N–H and O–H groups in total. The molecule has 0 spiro atoms. The van der Waals surface area contributed by atoms with Crippen molar-refractivity contribution in [3.63, 3.8) is 0 Å². The van der Waals surface area contributed by atoms with Gasteiger partial charge in [0.2, 0.25) is 5.91 Å². The van der Waals surface area contributed by atoms with Gasteiger partial charge in [0.1, 0.15) is 5.82 Å². The van der Waals surface area contributed by atoms with E-state index in [1.165, 1.54) is 0 Å². The molecule has 1 aromatic heterocycles. The molecule has 1 fully saturated rings. The third-order valence-corrected chi connectivity index (χ3v) is 3.07. The number of carbonyl (C=O) groups is 1. The summed E-state index contributed by atoms with van der Waals surface area (Å²) >= 11 is 0. The largest absolute Gasteiger partial charge is 0.330 e. The standard InChI is InChI=1S/C12H20N4O/c1-12(2,3)16-10(4-5-14-16)15-8-9(7-13)6-11(15)17/h4-5,9H,6-8,13H2,1-3H3. The number of carbonyl (C=O) groups excluding carboxylic acids is 1. The third kappa shape index (κ3) is 2.20. The average Bonchev–Trinajstić information content (AvgIpc) is 2.81. The molecule has 0 bridgehead atoms. The zero-order valence-electron chi connectivity index (χ0n) is 10.7. The lowest BCUT2D eigenvalue weighted by Gasteiger charge is -2.26. The second-order valence-electron chi connectivity index (χ2n) is 5.58. The molecule has 5 nitrogen and oxygen atoms in total. The highest BCUT2D eigenvalue weighted by Gasteiger charge is 2.33. The van der Waals surface area contributed by atoms with Crippen LogP contribution in [0.1, 0.15) is 27.2 Å². The third-order valence-electron chi connectivity index (χ3n) is 3.07. The van der Waals surface area contributed by atoms with E-state index >= 15 is 0 Å². The topological polar surface area (TPSA) is 64.2 Å². The molecule has 5 heteroatoms. The molecule has 0 radical (unpaired) electrons. The van der Waals surface area contributed by atoms with E-state index in [1.54, 1.807) is 11.1 Å². The van der Waals surface area contributed by atoms with Crippen molar-refractivity contribution in [1.29, 1.82) is 0 Å². The summed E-state index contributed by atoms with van der Waals surface area (Å²) in [5.41, 5.74) is 5.51. The van der Waals surface area contributed by atoms with Crippen LogP contribution in [0.3, 0.4) is 0 Å². The van der Waals surface area contributed by atoms with Gasteiger partial charge < -0.3 is 5.73 Å². The zero-order valence-corrected chi connectivity index (χ0v) is 10.7. The van der Waals surface area contributed by atoms with Gasteiger partial charge >= 0.3 is 0 Å². The Labute approximate surface area is 102 Å². The summed E-state index contributed by atoms with van der Waals surface area (Å²) in [5.74, 6) is 1.29. The molecule has 1 aliphatic rings. The molecule has 1 unspecified atom stereocenters. The molecule has 0 aliphatic carbocycles. The summed E-state index contributed by atoms with van der Waals surface area (Å²) in [4.78, 5) is 13.8. The molecule has 94 valence electrons. The van der Waals surface area contributed by atoms with Crippen molar-refractivity contribution in [2.24, 2.45) is 11.7 Å². The van der Waals surface area contributed by atoms with Crippen LogP contribution in [0.2, 0.25) is 0 Å². The summed E-state index contributed by atoms with van der Waals surface area (Å²) in [6, 6.07) is 1.89. The van der Waals surface area contributed by atoms with Crippen molar-refractivity contribution >= 4 is 11.7 Å². The Bertz CT molecular complexity index is 418. The number of nitrogens with two attached hydrogens (primary N) is 1. The number of hydrogen-bond acceptors (Lipinski definition) is 3. The molecule has 2 rings (SSSR count). The Kier molecular flexibility index (Phi) is 2.95. The Balaban J connectivity index is 2.30. The lowest BCUT2D eigenvalue weighted by Crippen LogP contribution is -2.33. The van der Waals surface area contributed by atoms with E-state index in [2.05, 4.69) is 25.9 Å². The Morgan fingerprint density at radius 1 is 1.53 bits per heavy atom. The highest BCUT2D eigenvalue weighted by Crippen LogP contribution is 2.28. The predicted octanol–water partition coefficient (Wildman–Crippen LogP) is 0.950. The summed E-state index contributed by atoms with van der Waals surface area (Å²) in [5, 5.41) is 4.31. The molecule has 1 atom stereocenters. The number of amides is 1. The highest BCUT2D eigenvalue weighted by atomic mass is 16.2. The van der Waals surface area contributed by atoms with Gasteiger partial charge in [0.15, 0.2) is 0 Å². The van der Waals surface area contributed by atoms with Gasteiger partial charge in [-0.15, -0.1) is 0 Å². The van der Waals surface area contributed by atoms with Gasteiger partial charge in [-0.25, -0.2) is 4.68 Å². The van der Waals surface area contributed by atoms with Gasteiger partial charge in [-0.3, -0.25) is 9.69 Å². The predicted molar refractivity (Wildman–Crippen MR) is 66.7 cm³/mol. The van der Waals surface area contributed by atoms with Crippen molar-refractivity contribution in [2.45, 2.75) is 32.7 Å². The molecule has 1 amide bonds. The summed E-state index contributed by atoms with van der Waals surface area (Å²) in [6.45, 7) is 7.49. The van der Waals surface area contributed by atoms with Crippen LogP contribution in [-0.4, -0.2) is 28.8 Å². The minimum Gasteiger partial charge on any atom is -0.330 e. The minimum absolute atomic E-state index is 0.125. The summed E-state index contributed by atoms with van der Waals surface area (Å²) < 4.78 is 1.89. The van der Waals surface area contributed by atoms with Gasteiger partial charge in [0, 0.05) is 19.0 Å². The molecular weight excluding hydrogens is 216 g/mol. The van der Waals surface area contributed by atoms with Gasteiger partial charge in [-0.1, -0.05) is 0 Å². The summed E-state index contributed by atoms with van der Waals surface area (Å²) in [6.07, 6.45) is 2.29. The lowest BCUT2D eigenvalue weighted by molar-refractivity contribution is -0.117. The quantitative estimate of drug-likeness (QED) is 0.831. The first-order chi connectivity index (χ1) is 7.93. The highest BCUT2D eigenvalue weighted by molar-refractivity contribution is 5.94. The molecule has 0 aromatic carbocycles. The van der Waals surface area contributed by atoms with Crippen LogP contribution < -0.4 is 10.6 Å². The van der Waals surface area contributed by atoms with Crippen LogP contribution in [0.4, 0.5) is 5.82 Å². The fraction of sp³-hybridized carbons (Fsp3) is 0.667. The number of hydrogen-bond donors (Lipinski definition) is 1. The molecule has 1 aromatic rings. The Hall–Kier alpha value is -1.36. The monoisotopic (exact) mass is 236 g/mol.